The number of hydrogen-bond donors (Lipinski definition) is 2. The van der Waals surface area contributed by atoms with E-state index in [0.29, 0.717) is 18.5 Å². The molecule has 1 aromatic heterocycles. The van der Waals surface area contributed by atoms with Gasteiger partial charge in [0.05, 0.1) is 11.7 Å². The van der Waals surface area contributed by atoms with Gasteiger partial charge in [-0.1, -0.05) is 13.8 Å². The lowest BCUT2D eigenvalue weighted by atomic mass is 10.0. The summed E-state index contributed by atoms with van der Waals surface area (Å²) in [6.45, 7) is 6.34. The molecule has 1 aliphatic rings. The van der Waals surface area contributed by atoms with Crippen molar-refractivity contribution in [3.63, 3.8) is 0 Å². The van der Waals surface area contributed by atoms with Crippen LogP contribution in [0.25, 0.3) is 0 Å². The fourth-order valence-corrected chi connectivity index (χ4v) is 2.52. The fraction of sp³-hybridized carbons (Fsp3) is 0.625. The van der Waals surface area contributed by atoms with Gasteiger partial charge in [0.25, 0.3) is 5.91 Å². The molecule has 2 rings (SSSR count). The number of aliphatic hydroxyl groups is 1. The van der Waals surface area contributed by atoms with E-state index in [1.54, 1.807) is 12.3 Å². The van der Waals surface area contributed by atoms with Crippen molar-refractivity contribution in [3.8, 4) is 0 Å². The third kappa shape index (κ3) is 4.17. The van der Waals surface area contributed by atoms with Crippen LogP contribution in [-0.2, 0) is 0 Å². The zero-order chi connectivity index (χ0) is 15.2. The third-order valence-corrected chi connectivity index (χ3v) is 3.93. The van der Waals surface area contributed by atoms with E-state index < -0.39 is 0 Å². The summed E-state index contributed by atoms with van der Waals surface area (Å²) in [6.07, 6.45) is 4.23. The Morgan fingerprint density at radius 3 is 2.81 bits per heavy atom. The van der Waals surface area contributed by atoms with Gasteiger partial charge in [-0.25, -0.2) is 4.98 Å². The molecule has 0 aromatic carbocycles. The standard InChI is InChI=1S/C16H25N3O2/c1-12(2)14(20)7-9-18-16(21)13-6-5-8-17-15(13)19-10-3-4-11-19/h5-6,8,12,14,20H,3-4,7,9-11H2,1-2H3,(H,18,21). The summed E-state index contributed by atoms with van der Waals surface area (Å²) < 4.78 is 0. The number of anilines is 1. The molecular formula is C16H25N3O2. The van der Waals surface area contributed by atoms with Gasteiger partial charge in [0.1, 0.15) is 5.82 Å². The van der Waals surface area contributed by atoms with Gasteiger partial charge in [-0.15, -0.1) is 0 Å². The van der Waals surface area contributed by atoms with Gasteiger partial charge in [-0.2, -0.15) is 0 Å². The molecule has 116 valence electrons. The second-order valence-corrected chi connectivity index (χ2v) is 5.92. The minimum absolute atomic E-state index is 0.110. The first-order chi connectivity index (χ1) is 10.1. The maximum Gasteiger partial charge on any atom is 0.255 e. The molecule has 1 aliphatic heterocycles. The molecule has 1 unspecified atom stereocenters. The summed E-state index contributed by atoms with van der Waals surface area (Å²) in [7, 11) is 0. The molecular weight excluding hydrogens is 266 g/mol. The van der Waals surface area contributed by atoms with Crippen molar-refractivity contribution < 1.29 is 9.90 Å². The Balaban J connectivity index is 1.96. The van der Waals surface area contributed by atoms with E-state index in [1.807, 2.05) is 19.9 Å². The molecule has 2 N–H and O–H groups in total. The topological polar surface area (TPSA) is 65.5 Å². The zero-order valence-corrected chi connectivity index (χ0v) is 12.9. The summed E-state index contributed by atoms with van der Waals surface area (Å²) in [5.74, 6) is 0.873. The van der Waals surface area contributed by atoms with Gasteiger partial charge in [-0.05, 0) is 37.3 Å². The summed E-state index contributed by atoms with van der Waals surface area (Å²) in [4.78, 5) is 18.8. The van der Waals surface area contributed by atoms with Crippen LogP contribution in [0.2, 0.25) is 0 Å². The lowest BCUT2D eigenvalue weighted by Crippen LogP contribution is -2.31. The van der Waals surface area contributed by atoms with E-state index in [-0.39, 0.29) is 17.9 Å². The minimum atomic E-state index is -0.378. The van der Waals surface area contributed by atoms with Gasteiger partial charge >= 0.3 is 0 Å². The second kappa shape index (κ2) is 7.41. The number of amides is 1. The Morgan fingerprint density at radius 1 is 1.43 bits per heavy atom. The van der Waals surface area contributed by atoms with E-state index >= 15 is 0 Å². The largest absolute Gasteiger partial charge is 0.393 e. The van der Waals surface area contributed by atoms with Gasteiger partial charge in [-0.3, -0.25) is 4.79 Å². The highest BCUT2D eigenvalue weighted by atomic mass is 16.3. The Morgan fingerprint density at radius 2 is 2.14 bits per heavy atom. The van der Waals surface area contributed by atoms with E-state index in [4.69, 9.17) is 0 Å². The van der Waals surface area contributed by atoms with Crippen molar-refractivity contribution in [3.05, 3.63) is 23.9 Å². The highest BCUT2D eigenvalue weighted by Crippen LogP contribution is 2.21. The summed E-state index contributed by atoms with van der Waals surface area (Å²) in [5, 5.41) is 12.6. The number of aromatic nitrogens is 1. The quantitative estimate of drug-likeness (QED) is 0.839. The Bertz CT molecular complexity index is 470. The summed E-state index contributed by atoms with van der Waals surface area (Å²) in [5.41, 5.74) is 0.624. The number of nitrogens with one attached hydrogen (secondary N) is 1. The average Bonchev–Trinajstić information content (AvgIpc) is 3.01. The smallest absolute Gasteiger partial charge is 0.255 e. The molecule has 0 bridgehead atoms. The Hall–Kier alpha value is -1.62. The van der Waals surface area contributed by atoms with Crippen LogP contribution in [0, 0.1) is 5.92 Å². The SMILES string of the molecule is CC(C)C(O)CCNC(=O)c1cccnc1N1CCCC1. The molecule has 0 spiro atoms. The number of aliphatic hydroxyl groups excluding tert-OH is 1. The molecule has 1 fully saturated rings. The van der Waals surface area contributed by atoms with Crippen molar-refractivity contribution in [1.29, 1.82) is 0 Å². The number of rotatable bonds is 6. The van der Waals surface area contributed by atoms with Crippen molar-refractivity contribution in [1.82, 2.24) is 10.3 Å². The highest BCUT2D eigenvalue weighted by Gasteiger charge is 2.20. The van der Waals surface area contributed by atoms with E-state index in [1.165, 1.54) is 0 Å². The monoisotopic (exact) mass is 291 g/mol. The number of carbonyl (C=O) groups is 1. The molecule has 21 heavy (non-hydrogen) atoms. The first-order valence-corrected chi connectivity index (χ1v) is 7.76. The van der Waals surface area contributed by atoms with Crippen LogP contribution in [0.15, 0.2) is 18.3 Å². The molecule has 0 radical (unpaired) electrons. The van der Waals surface area contributed by atoms with Gasteiger partial charge in [0.15, 0.2) is 0 Å². The number of nitrogens with zero attached hydrogens (tertiary/aromatic N) is 2. The van der Waals surface area contributed by atoms with Crippen LogP contribution in [-0.4, -0.2) is 41.7 Å². The lowest BCUT2D eigenvalue weighted by Gasteiger charge is -2.19. The first kappa shape index (κ1) is 15.8. The zero-order valence-electron chi connectivity index (χ0n) is 12.9. The van der Waals surface area contributed by atoms with E-state index in [2.05, 4.69) is 15.2 Å². The molecule has 5 nitrogen and oxygen atoms in total. The van der Waals surface area contributed by atoms with Crippen LogP contribution < -0.4 is 10.2 Å². The average molecular weight is 291 g/mol. The summed E-state index contributed by atoms with van der Waals surface area (Å²) >= 11 is 0. The Kier molecular flexibility index (Phi) is 5.56. The predicted octanol–water partition coefficient (Wildman–Crippen LogP) is 1.82. The molecule has 1 amide bonds. The highest BCUT2D eigenvalue weighted by molar-refractivity contribution is 5.98. The van der Waals surface area contributed by atoms with E-state index in [0.717, 1.165) is 31.7 Å². The second-order valence-electron chi connectivity index (χ2n) is 5.92. The summed E-state index contributed by atoms with van der Waals surface area (Å²) in [6, 6.07) is 3.60. The molecule has 2 heterocycles. The molecule has 0 aliphatic carbocycles. The van der Waals surface area contributed by atoms with Crippen molar-refractivity contribution in [2.75, 3.05) is 24.5 Å². The number of carbonyl (C=O) groups excluding carboxylic acids is 1. The molecule has 5 heteroatoms. The van der Waals surface area contributed by atoms with Gasteiger partial charge in [0.2, 0.25) is 0 Å². The van der Waals surface area contributed by atoms with Crippen LogP contribution in [0.5, 0.6) is 0 Å². The van der Waals surface area contributed by atoms with Crippen molar-refractivity contribution in [2.24, 2.45) is 5.92 Å². The normalized spacial score (nSPS) is 16.3. The van der Waals surface area contributed by atoms with Gasteiger partial charge in [0, 0.05) is 25.8 Å². The van der Waals surface area contributed by atoms with Crippen molar-refractivity contribution in [2.45, 2.75) is 39.2 Å². The van der Waals surface area contributed by atoms with Crippen LogP contribution in [0.4, 0.5) is 5.82 Å². The van der Waals surface area contributed by atoms with Crippen LogP contribution >= 0.6 is 0 Å². The van der Waals surface area contributed by atoms with Crippen LogP contribution in [0.1, 0.15) is 43.5 Å². The van der Waals surface area contributed by atoms with Crippen molar-refractivity contribution >= 4 is 11.7 Å². The number of pyridine rings is 1. The predicted molar refractivity (Wildman–Crippen MR) is 83.5 cm³/mol. The maximum absolute atomic E-state index is 12.3. The lowest BCUT2D eigenvalue weighted by molar-refractivity contribution is 0.0920. The third-order valence-electron chi connectivity index (χ3n) is 3.93. The molecule has 1 atom stereocenters. The first-order valence-electron chi connectivity index (χ1n) is 7.76. The molecule has 1 saturated heterocycles. The molecule has 1 aromatic rings. The molecule has 0 saturated carbocycles. The Labute approximate surface area is 126 Å². The fourth-order valence-electron chi connectivity index (χ4n) is 2.52. The van der Waals surface area contributed by atoms with Crippen LogP contribution in [0.3, 0.4) is 0 Å². The van der Waals surface area contributed by atoms with E-state index in [9.17, 15) is 9.90 Å². The minimum Gasteiger partial charge on any atom is -0.393 e. The number of hydrogen-bond acceptors (Lipinski definition) is 4. The van der Waals surface area contributed by atoms with Gasteiger partial charge < -0.3 is 15.3 Å². The maximum atomic E-state index is 12.3.